The molecule has 0 aromatic heterocycles. The molecule has 0 spiro atoms. The molecule has 0 saturated carbocycles. The van der Waals surface area contributed by atoms with Crippen molar-refractivity contribution < 1.29 is 18.4 Å². The van der Waals surface area contributed by atoms with Crippen molar-refractivity contribution in [3.05, 3.63) is 66.6 Å². The first kappa shape index (κ1) is 22.9. The van der Waals surface area contributed by atoms with E-state index in [1.807, 2.05) is 0 Å². The summed E-state index contributed by atoms with van der Waals surface area (Å²) in [7, 11) is 0. The lowest BCUT2D eigenvalue weighted by Crippen LogP contribution is -2.46. The van der Waals surface area contributed by atoms with Crippen molar-refractivity contribution in [2.24, 2.45) is 0 Å². The molecule has 30 heavy (non-hydrogen) atoms. The van der Waals surface area contributed by atoms with Crippen LogP contribution < -0.4 is 32.3 Å². The second-order valence-corrected chi connectivity index (χ2v) is 6.44. The Labute approximate surface area is 181 Å². The quantitative estimate of drug-likeness (QED) is 0.303. The zero-order valence-corrected chi connectivity index (χ0v) is 16.9. The van der Waals surface area contributed by atoms with Crippen LogP contribution in [-0.4, -0.2) is 22.0 Å². The van der Waals surface area contributed by atoms with Crippen LogP contribution in [-0.2, 0) is 9.59 Å². The minimum atomic E-state index is -0.603. The number of amides is 2. The maximum atomic E-state index is 13.1. The summed E-state index contributed by atoms with van der Waals surface area (Å²) in [6.07, 6.45) is 0.828. The molecule has 0 aliphatic rings. The highest BCUT2D eigenvalue weighted by atomic mass is 32.1. The summed E-state index contributed by atoms with van der Waals surface area (Å²) in [6, 6.07) is 11.1. The van der Waals surface area contributed by atoms with E-state index in [1.54, 1.807) is 6.07 Å². The van der Waals surface area contributed by atoms with Gasteiger partial charge in [0, 0.05) is 17.8 Å². The SMILES string of the molecule is O=C([CH]CC(=O)NNC(=S)Nc1cccc(F)c1)NNC(=S)Nc1ccc(F)cc1. The van der Waals surface area contributed by atoms with Gasteiger partial charge in [-0.25, -0.2) is 8.78 Å². The summed E-state index contributed by atoms with van der Waals surface area (Å²) >= 11 is 9.94. The van der Waals surface area contributed by atoms with Crippen LogP contribution in [0.25, 0.3) is 0 Å². The third kappa shape index (κ3) is 8.75. The number of thiocarbonyl (C=S) groups is 2. The molecule has 2 aromatic carbocycles. The van der Waals surface area contributed by atoms with Gasteiger partial charge in [0.05, 0.1) is 6.42 Å². The molecule has 8 nitrogen and oxygen atoms in total. The van der Waals surface area contributed by atoms with E-state index in [2.05, 4.69) is 32.3 Å². The van der Waals surface area contributed by atoms with Gasteiger partial charge in [0.25, 0.3) is 0 Å². The summed E-state index contributed by atoms with van der Waals surface area (Å²) < 4.78 is 25.9. The van der Waals surface area contributed by atoms with E-state index in [4.69, 9.17) is 24.4 Å². The van der Waals surface area contributed by atoms with Crippen molar-refractivity contribution in [2.75, 3.05) is 10.6 Å². The largest absolute Gasteiger partial charge is 0.331 e. The third-order valence-corrected chi connectivity index (χ3v) is 3.68. The molecule has 0 bridgehead atoms. The van der Waals surface area contributed by atoms with E-state index in [-0.39, 0.29) is 22.5 Å². The van der Waals surface area contributed by atoms with Crippen LogP contribution in [0.2, 0.25) is 0 Å². The Bertz CT molecular complexity index is 927. The number of anilines is 2. The molecule has 0 unspecified atom stereocenters. The predicted octanol–water partition coefficient (Wildman–Crippen LogP) is 1.89. The van der Waals surface area contributed by atoms with Crippen molar-refractivity contribution in [2.45, 2.75) is 6.42 Å². The highest BCUT2D eigenvalue weighted by Gasteiger charge is 2.08. The third-order valence-electron chi connectivity index (χ3n) is 3.27. The fourth-order valence-electron chi connectivity index (χ4n) is 1.96. The fraction of sp³-hybridized carbons (Fsp3) is 0.0556. The van der Waals surface area contributed by atoms with E-state index >= 15 is 0 Å². The number of carbonyl (C=O) groups excluding carboxylic acids is 2. The normalized spacial score (nSPS) is 9.80. The van der Waals surface area contributed by atoms with Gasteiger partial charge in [-0.1, -0.05) is 6.07 Å². The maximum Gasteiger partial charge on any atom is 0.242 e. The number of benzene rings is 2. The Balaban J connectivity index is 1.60. The maximum absolute atomic E-state index is 13.1. The number of hydrazine groups is 2. The monoisotopic (exact) mass is 451 g/mol. The minimum absolute atomic E-state index is 0.0392. The Kier molecular flexibility index (Phi) is 8.84. The minimum Gasteiger partial charge on any atom is -0.331 e. The molecule has 0 saturated heterocycles. The number of rotatable bonds is 5. The summed E-state index contributed by atoms with van der Waals surface area (Å²) in [6.45, 7) is 0. The number of hydrogen-bond acceptors (Lipinski definition) is 4. The topological polar surface area (TPSA) is 106 Å². The molecule has 6 N–H and O–H groups in total. The molecule has 0 atom stereocenters. The van der Waals surface area contributed by atoms with Crippen LogP contribution in [0.3, 0.4) is 0 Å². The summed E-state index contributed by atoms with van der Waals surface area (Å²) in [4.78, 5) is 23.5. The van der Waals surface area contributed by atoms with Crippen LogP contribution in [0, 0.1) is 18.1 Å². The molecule has 2 rings (SSSR count). The first-order valence-electron chi connectivity index (χ1n) is 8.39. The van der Waals surface area contributed by atoms with Crippen molar-refractivity contribution in [3.63, 3.8) is 0 Å². The van der Waals surface area contributed by atoms with Gasteiger partial charge in [-0.3, -0.25) is 31.3 Å². The molecule has 0 fully saturated rings. The molecule has 0 heterocycles. The molecular weight excluding hydrogens is 434 g/mol. The van der Waals surface area contributed by atoms with Crippen molar-refractivity contribution in [3.8, 4) is 0 Å². The summed E-state index contributed by atoms with van der Waals surface area (Å²) in [5.41, 5.74) is 10.4. The lowest BCUT2D eigenvalue weighted by atomic mass is 10.3. The highest BCUT2D eigenvalue weighted by molar-refractivity contribution is 7.80. The molecule has 2 aromatic rings. The number of nitrogens with one attached hydrogen (secondary N) is 6. The number of hydrogen-bond donors (Lipinski definition) is 6. The van der Waals surface area contributed by atoms with Gasteiger partial charge < -0.3 is 10.6 Å². The smallest absolute Gasteiger partial charge is 0.242 e. The zero-order chi connectivity index (χ0) is 21.9. The van der Waals surface area contributed by atoms with Gasteiger partial charge in [0.2, 0.25) is 11.8 Å². The van der Waals surface area contributed by atoms with E-state index in [0.29, 0.717) is 11.4 Å². The average Bonchev–Trinajstić information content (AvgIpc) is 2.71. The van der Waals surface area contributed by atoms with Crippen LogP contribution in [0.4, 0.5) is 20.2 Å². The Morgan fingerprint density at radius 1 is 0.800 bits per heavy atom. The zero-order valence-electron chi connectivity index (χ0n) is 15.3. The van der Waals surface area contributed by atoms with Gasteiger partial charge in [0.15, 0.2) is 10.2 Å². The van der Waals surface area contributed by atoms with Gasteiger partial charge in [-0.05, 0) is 66.9 Å². The van der Waals surface area contributed by atoms with Crippen molar-refractivity contribution in [1.82, 2.24) is 21.7 Å². The second-order valence-electron chi connectivity index (χ2n) is 5.62. The molecular formula is C18H17F2N6O2S2. The van der Waals surface area contributed by atoms with E-state index in [0.717, 1.165) is 6.42 Å². The van der Waals surface area contributed by atoms with Crippen molar-refractivity contribution in [1.29, 1.82) is 0 Å². The fourth-order valence-corrected chi connectivity index (χ4v) is 2.29. The van der Waals surface area contributed by atoms with E-state index in [1.165, 1.54) is 42.5 Å². The Morgan fingerprint density at radius 2 is 1.43 bits per heavy atom. The highest BCUT2D eigenvalue weighted by Crippen LogP contribution is 2.09. The second kappa shape index (κ2) is 11.6. The van der Waals surface area contributed by atoms with Gasteiger partial charge in [-0.15, -0.1) is 0 Å². The Morgan fingerprint density at radius 3 is 2.10 bits per heavy atom. The molecule has 0 aliphatic carbocycles. The molecule has 0 aliphatic heterocycles. The Hall–Kier alpha value is -3.38. The van der Waals surface area contributed by atoms with Gasteiger partial charge in [-0.2, -0.15) is 0 Å². The van der Waals surface area contributed by atoms with Crippen molar-refractivity contribution >= 4 is 57.8 Å². The van der Waals surface area contributed by atoms with Crippen LogP contribution >= 0.6 is 24.4 Å². The standard InChI is InChI=1S/C18H17F2N6O2S2/c19-11-4-6-13(7-5-11)21-17(29)25-23-15(27)8-9-16(28)24-26-18(30)22-14-3-1-2-12(20)10-14/h1-8,10H,9H2,(H,23,27)(H,24,28)(H2,21,25,29)(H2,22,26,30). The number of halogens is 2. The number of carbonyl (C=O) groups is 2. The van der Waals surface area contributed by atoms with E-state index < -0.39 is 17.6 Å². The van der Waals surface area contributed by atoms with Gasteiger partial charge in [0.1, 0.15) is 11.6 Å². The first-order valence-corrected chi connectivity index (χ1v) is 9.20. The summed E-state index contributed by atoms with van der Waals surface area (Å²) in [5.74, 6) is -1.97. The van der Waals surface area contributed by atoms with Crippen LogP contribution in [0.5, 0.6) is 0 Å². The molecule has 157 valence electrons. The van der Waals surface area contributed by atoms with Crippen LogP contribution in [0.1, 0.15) is 6.42 Å². The lowest BCUT2D eigenvalue weighted by molar-refractivity contribution is -0.124. The average molecular weight is 452 g/mol. The van der Waals surface area contributed by atoms with Gasteiger partial charge >= 0.3 is 0 Å². The molecule has 2 amide bonds. The van der Waals surface area contributed by atoms with E-state index in [9.17, 15) is 18.4 Å². The molecule has 12 heteroatoms. The van der Waals surface area contributed by atoms with Crippen LogP contribution in [0.15, 0.2) is 48.5 Å². The molecule has 1 radical (unpaired) electrons. The first-order chi connectivity index (χ1) is 14.3. The summed E-state index contributed by atoms with van der Waals surface area (Å²) in [5, 5.41) is 5.53. The predicted molar refractivity (Wildman–Crippen MR) is 117 cm³/mol. The lowest BCUT2D eigenvalue weighted by Gasteiger charge is -2.12.